The molecule has 1 heterocycles. The van der Waals surface area contributed by atoms with Crippen LogP contribution in [0.5, 0.6) is 0 Å². The third kappa shape index (κ3) is 3.04. The Hall–Kier alpha value is -1.49. The van der Waals surface area contributed by atoms with Gasteiger partial charge in [-0.2, -0.15) is 0 Å². The van der Waals surface area contributed by atoms with Crippen molar-refractivity contribution < 1.29 is 4.74 Å². The van der Waals surface area contributed by atoms with Gasteiger partial charge in [-0.05, 0) is 37.1 Å². The molecule has 3 N–H and O–H groups in total. The molecule has 2 aromatic rings. The summed E-state index contributed by atoms with van der Waals surface area (Å²) >= 11 is 0. The number of nitrogens with one attached hydrogen (secondary N) is 1. The first-order chi connectivity index (χ1) is 8.85. The zero-order valence-corrected chi connectivity index (χ0v) is 10.6. The number of fused-ring (bicyclic) bond motifs is 1. The van der Waals surface area contributed by atoms with Crippen LogP contribution in [0.1, 0.15) is 24.9 Å². The molecule has 0 aliphatic carbocycles. The van der Waals surface area contributed by atoms with Crippen molar-refractivity contribution in [3.8, 4) is 0 Å². The smallest absolute Gasteiger partial charge is 0.0702 e. The van der Waals surface area contributed by atoms with E-state index in [4.69, 9.17) is 10.6 Å². The summed E-state index contributed by atoms with van der Waals surface area (Å²) in [5.41, 5.74) is 5.01. The zero-order chi connectivity index (χ0) is 12.8. The van der Waals surface area contributed by atoms with E-state index in [1.165, 1.54) is 0 Å². The van der Waals surface area contributed by atoms with Gasteiger partial charge in [0.2, 0.25) is 0 Å². The summed E-state index contributed by atoms with van der Waals surface area (Å²) in [6.45, 7) is 3.43. The van der Waals surface area contributed by atoms with Crippen LogP contribution in [0, 0.1) is 0 Å². The van der Waals surface area contributed by atoms with Crippen molar-refractivity contribution in [2.45, 2.75) is 19.4 Å². The molecule has 1 aromatic carbocycles. The first-order valence-electron chi connectivity index (χ1n) is 6.23. The van der Waals surface area contributed by atoms with E-state index in [1.807, 2.05) is 19.1 Å². The van der Waals surface area contributed by atoms with Gasteiger partial charge in [-0.25, -0.2) is 0 Å². The maximum absolute atomic E-state index is 5.61. The Kier molecular flexibility index (Phi) is 4.64. The van der Waals surface area contributed by atoms with Crippen LogP contribution in [-0.2, 0) is 4.74 Å². The molecule has 18 heavy (non-hydrogen) atoms. The van der Waals surface area contributed by atoms with Gasteiger partial charge < -0.3 is 4.74 Å². The SMILES string of the molecule is CCOCCC(NN)c1ccc2ncccc2c1. The van der Waals surface area contributed by atoms with Crippen LogP contribution in [0.2, 0.25) is 0 Å². The molecule has 1 atom stereocenters. The van der Waals surface area contributed by atoms with E-state index < -0.39 is 0 Å². The minimum Gasteiger partial charge on any atom is -0.382 e. The molecule has 0 radical (unpaired) electrons. The molecule has 0 aliphatic rings. The normalized spacial score (nSPS) is 12.8. The number of benzene rings is 1. The molecular weight excluding hydrogens is 226 g/mol. The number of ether oxygens (including phenoxy) is 1. The van der Waals surface area contributed by atoms with Crippen LogP contribution in [-0.4, -0.2) is 18.2 Å². The van der Waals surface area contributed by atoms with Gasteiger partial charge in [0.1, 0.15) is 0 Å². The molecule has 0 saturated heterocycles. The lowest BCUT2D eigenvalue weighted by Gasteiger charge is -2.16. The third-order valence-electron chi connectivity index (χ3n) is 2.99. The first-order valence-corrected chi connectivity index (χ1v) is 6.23. The number of hydrazine groups is 1. The first kappa shape index (κ1) is 13.0. The van der Waals surface area contributed by atoms with Crippen LogP contribution in [0.4, 0.5) is 0 Å². The Bertz CT molecular complexity index is 501. The molecule has 0 aliphatic heterocycles. The Morgan fingerprint density at radius 1 is 1.39 bits per heavy atom. The molecule has 96 valence electrons. The van der Waals surface area contributed by atoms with E-state index >= 15 is 0 Å². The zero-order valence-electron chi connectivity index (χ0n) is 10.6. The van der Waals surface area contributed by atoms with E-state index in [2.05, 4.69) is 28.6 Å². The maximum atomic E-state index is 5.61. The second-order valence-electron chi connectivity index (χ2n) is 4.16. The highest BCUT2D eigenvalue weighted by molar-refractivity contribution is 5.79. The summed E-state index contributed by atoms with van der Waals surface area (Å²) in [5.74, 6) is 5.61. The average molecular weight is 245 g/mol. The molecular formula is C14H19N3O. The Morgan fingerprint density at radius 2 is 2.28 bits per heavy atom. The van der Waals surface area contributed by atoms with E-state index in [9.17, 15) is 0 Å². The second kappa shape index (κ2) is 6.44. The maximum Gasteiger partial charge on any atom is 0.0702 e. The van der Waals surface area contributed by atoms with E-state index in [0.717, 1.165) is 29.5 Å². The standard InChI is InChI=1S/C14H19N3O/c1-2-18-9-7-14(17-15)12-5-6-13-11(10-12)4-3-8-16-13/h3-6,8,10,14,17H,2,7,9,15H2,1H3. The molecule has 0 bridgehead atoms. The van der Waals surface area contributed by atoms with Crippen molar-refractivity contribution in [1.29, 1.82) is 0 Å². The summed E-state index contributed by atoms with van der Waals surface area (Å²) in [6.07, 6.45) is 2.66. The fourth-order valence-corrected chi connectivity index (χ4v) is 2.00. The van der Waals surface area contributed by atoms with Gasteiger partial charge in [0.25, 0.3) is 0 Å². The topological polar surface area (TPSA) is 60.2 Å². The summed E-state index contributed by atoms with van der Waals surface area (Å²) in [7, 11) is 0. The molecule has 4 heteroatoms. The molecule has 0 fully saturated rings. The van der Waals surface area contributed by atoms with Gasteiger partial charge in [-0.15, -0.1) is 0 Å². The molecule has 0 spiro atoms. The van der Waals surface area contributed by atoms with Crippen molar-refractivity contribution in [1.82, 2.24) is 10.4 Å². The Morgan fingerprint density at radius 3 is 3.06 bits per heavy atom. The Balaban J connectivity index is 2.17. The number of aromatic nitrogens is 1. The average Bonchev–Trinajstić information content (AvgIpc) is 2.43. The minimum absolute atomic E-state index is 0.112. The number of nitrogens with two attached hydrogens (primary N) is 1. The van der Waals surface area contributed by atoms with Crippen LogP contribution in [0.25, 0.3) is 10.9 Å². The number of hydrogen-bond acceptors (Lipinski definition) is 4. The monoisotopic (exact) mass is 245 g/mol. The van der Waals surface area contributed by atoms with Crippen LogP contribution in [0.15, 0.2) is 36.5 Å². The lowest BCUT2D eigenvalue weighted by molar-refractivity contribution is 0.136. The quantitative estimate of drug-likeness (QED) is 0.465. The van der Waals surface area contributed by atoms with E-state index in [-0.39, 0.29) is 6.04 Å². The van der Waals surface area contributed by atoms with Crippen molar-refractivity contribution in [2.75, 3.05) is 13.2 Å². The largest absolute Gasteiger partial charge is 0.382 e. The van der Waals surface area contributed by atoms with E-state index in [1.54, 1.807) is 6.20 Å². The van der Waals surface area contributed by atoms with Gasteiger partial charge in [-0.3, -0.25) is 16.3 Å². The number of hydrogen-bond donors (Lipinski definition) is 2. The van der Waals surface area contributed by atoms with Crippen molar-refractivity contribution in [3.63, 3.8) is 0 Å². The summed E-state index contributed by atoms with van der Waals surface area (Å²) in [6, 6.07) is 10.3. The van der Waals surface area contributed by atoms with Crippen molar-refractivity contribution >= 4 is 10.9 Å². The minimum atomic E-state index is 0.112. The predicted molar refractivity (Wildman–Crippen MR) is 72.9 cm³/mol. The third-order valence-corrected chi connectivity index (χ3v) is 2.99. The molecule has 4 nitrogen and oxygen atoms in total. The van der Waals surface area contributed by atoms with Crippen molar-refractivity contribution in [3.05, 3.63) is 42.1 Å². The summed E-state index contributed by atoms with van der Waals surface area (Å²) < 4.78 is 5.37. The molecule has 2 rings (SSSR count). The number of rotatable bonds is 6. The van der Waals surface area contributed by atoms with Gasteiger partial charge in [-0.1, -0.05) is 12.1 Å². The number of nitrogens with zero attached hydrogens (tertiary/aromatic N) is 1. The second-order valence-corrected chi connectivity index (χ2v) is 4.16. The highest BCUT2D eigenvalue weighted by Crippen LogP contribution is 2.20. The predicted octanol–water partition coefficient (Wildman–Crippen LogP) is 2.17. The highest BCUT2D eigenvalue weighted by atomic mass is 16.5. The fraction of sp³-hybridized carbons (Fsp3) is 0.357. The van der Waals surface area contributed by atoms with Gasteiger partial charge in [0.05, 0.1) is 5.52 Å². The summed E-state index contributed by atoms with van der Waals surface area (Å²) in [4.78, 5) is 4.31. The highest BCUT2D eigenvalue weighted by Gasteiger charge is 2.10. The fourth-order valence-electron chi connectivity index (χ4n) is 2.00. The van der Waals surface area contributed by atoms with Crippen LogP contribution in [0.3, 0.4) is 0 Å². The van der Waals surface area contributed by atoms with Crippen LogP contribution >= 0.6 is 0 Å². The summed E-state index contributed by atoms with van der Waals surface area (Å²) in [5, 5.41) is 1.13. The van der Waals surface area contributed by atoms with Crippen molar-refractivity contribution in [2.24, 2.45) is 5.84 Å². The van der Waals surface area contributed by atoms with Gasteiger partial charge in [0, 0.05) is 30.8 Å². The Labute approximate surface area is 107 Å². The van der Waals surface area contributed by atoms with Gasteiger partial charge >= 0.3 is 0 Å². The number of pyridine rings is 1. The lowest BCUT2D eigenvalue weighted by Crippen LogP contribution is -2.29. The van der Waals surface area contributed by atoms with E-state index in [0.29, 0.717) is 6.61 Å². The molecule has 1 aromatic heterocycles. The lowest BCUT2D eigenvalue weighted by atomic mass is 10.0. The molecule has 0 amide bonds. The van der Waals surface area contributed by atoms with Gasteiger partial charge in [0.15, 0.2) is 0 Å². The molecule has 0 saturated carbocycles. The van der Waals surface area contributed by atoms with Crippen LogP contribution < -0.4 is 11.3 Å². The molecule has 1 unspecified atom stereocenters.